The van der Waals surface area contributed by atoms with Crippen LogP contribution in [-0.2, 0) is 5.41 Å². The summed E-state index contributed by atoms with van der Waals surface area (Å²) in [6.45, 7) is 1.22. The normalized spacial score (nSPS) is 32.0. The minimum Gasteiger partial charge on any atom is -0.493 e. The van der Waals surface area contributed by atoms with Gasteiger partial charge in [-0.15, -0.1) is 0 Å². The van der Waals surface area contributed by atoms with Crippen molar-refractivity contribution in [2.75, 3.05) is 27.8 Å². The third-order valence-electron chi connectivity index (χ3n) is 7.43. The first-order valence-electron chi connectivity index (χ1n) is 9.55. The minimum atomic E-state index is 0.308. The molecule has 3 nitrogen and oxygen atoms in total. The Kier molecular flexibility index (Phi) is 4.03. The van der Waals surface area contributed by atoms with Crippen LogP contribution in [0.5, 0.6) is 11.5 Å². The van der Waals surface area contributed by atoms with Crippen LogP contribution in [0.15, 0.2) is 18.2 Å². The summed E-state index contributed by atoms with van der Waals surface area (Å²) >= 11 is 0. The number of likely N-dealkylation sites (tertiary alicyclic amines) is 1. The maximum absolute atomic E-state index is 5.59. The second-order valence-corrected chi connectivity index (χ2v) is 8.38. The lowest BCUT2D eigenvalue weighted by Crippen LogP contribution is -2.49. The fraction of sp³-hybridized carbons (Fsp3) is 0.714. The van der Waals surface area contributed by atoms with Gasteiger partial charge in [0.2, 0.25) is 0 Å². The van der Waals surface area contributed by atoms with Crippen molar-refractivity contribution in [3.63, 3.8) is 0 Å². The number of fused-ring (bicyclic) bond motifs is 1. The van der Waals surface area contributed by atoms with Crippen LogP contribution in [-0.4, -0.2) is 38.8 Å². The van der Waals surface area contributed by atoms with E-state index in [0.717, 1.165) is 11.5 Å². The molecule has 1 aliphatic heterocycles. The Balaban J connectivity index is 1.70. The molecule has 2 atom stereocenters. The van der Waals surface area contributed by atoms with Gasteiger partial charge in [0.1, 0.15) is 0 Å². The van der Waals surface area contributed by atoms with Crippen molar-refractivity contribution >= 4 is 0 Å². The van der Waals surface area contributed by atoms with E-state index in [1.165, 1.54) is 63.5 Å². The molecular formula is C21H31NO2. The van der Waals surface area contributed by atoms with Crippen LogP contribution in [0.1, 0.15) is 56.9 Å². The van der Waals surface area contributed by atoms with E-state index in [1.807, 2.05) is 0 Å². The summed E-state index contributed by atoms with van der Waals surface area (Å²) in [5.74, 6) is 1.71. The predicted octanol–water partition coefficient (Wildman–Crippen LogP) is 4.39. The monoisotopic (exact) mass is 329 g/mol. The molecule has 0 radical (unpaired) electrons. The summed E-state index contributed by atoms with van der Waals surface area (Å²) < 4.78 is 11.0. The molecule has 1 saturated heterocycles. The maximum atomic E-state index is 5.59. The van der Waals surface area contributed by atoms with Crippen molar-refractivity contribution in [2.45, 2.75) is 62.8 Å². The van der Waals surface area contributed by atoms with Crippen molar-refractivity contribution in [2.24, 2.45) is 5.41 Å². The van der Waals surface area contributed by atoms with Crippen LogP contribution in [0.25, 0.3) is 0 Å². The number of benzene rings is 1. The molecule has 0 bridgehead atoms. The quantitative estimate of drug-likeness (QED) is 0.821. The highest BCUT2D eigenvalue weighted by Crippen LogP contribution is 2.58. The molecule has 0 aromatic heterocycles. The Hall–Kier alpha value is -1.22. The number of hydrogen-bond donors (Lipinski definition) is 0. The molecule has 2 aliphatic carbocycles. The van der Waals surface area contributed by atoms with Crippen LogP contribution in [0.4, 0.5) is 0 Å². The second kappa shape index (κ2) is 5.94. The largest absolute Gasteiger partial charge is 0.493 e. The van der Waals surface area contributed by atoms with E-state index < -0.39 is 0 Å². The van der Waals surface area contributed by atoms with E-state index >= 15 is 0 Å². The smallest absolute Gasteiger partial charge is 0.161 e. The van der Waals surface area contributed by atoms with Gasteiger partial charge >= 0.3 is 0 Å². The minimum absolute atomic E-state index is 0.308. The second-order valence-electron chi connectivity index (χ2n) is 8.38. The van der Waals surface area contributed by atoms with Gasteiger partial charge in [-0.25, -0.2) is 0 Å². The number of likely N-dealkylation sites (N-methyl/N-ethyl adjacent to an activating group) is 1. The molecule has 1 spiro atoms. The SMILES string of the molecule is COc1ccc([C@]23CCN(C)[C@H]2CC2(CCCC2)CC3)cc1OC. The van der Waals surface area contributed by atoms with Gasteiger partial charge < -0.3 is 14.4 Å². The first-order valence-corrected chi connectivity index (χ1v) is 9.55. The molecular weight excluding hydrogens is 298 g/mol. The summed E-state index contributed by atoms with van der Waals surface area (Å²) in [5, 5.41) is 0. The molecule has 0 amide bonds. The van der Waals surface area contributed by atoms with E-state index in [-0.39, 0.29) is 0 Å². The molecule has 0 unspecified atom stereocenters. The van der Waals surface area contributed by atoms with Crippen LogP contribution < -0.4 is 9.47 Å². The third-order valence-corrected chi connectivity index (χ3v) is 7.43. The van der Waals surface area contributed by atoms with Crippen molar-refractivity contribution in [1.29, 1.82) is 0 Å². The standard InChI is InChI=1S/C21H31NO2/c1-22-13-12-21(16-6-7-17(23-2)18(14-16)24-3)11-10-20(15-19(21)22)8-4-5-9-20/h6-7,14,19H,4-5,8-13,15H2,1-3H3/t19-,21-/m0/s1. The van der Waals surface area contributed by atoms with Crippen LogP contribution in [0.2, 0.25) is 0 Å². The lowest BCUT2D eigenvalue weighted by atomic mass is 9.58. The zero-order valence-electron chi connectivity index (χ0n) is 15.4. The maximum Gasteiger partial charge on any atom is 0.161 e. The van der Waals surface area contributed by atoms with Crippen molar-refractivity contribution < 1.29 is 9.47 Å². The van der Waals surface area contributed by atoms with Gasteiger partial charge in [-0.2, -0.15) is 0 Å². The number of hydrogen-bond acceptors (Lipinski definition) is 3. The van der Waals surface area contributed by atoms with E-state index in [2.05, 4.69) is 30.1 Å². The fourth-order valence-electron chi connectivity index (χ4n) is 5.97. The lowest BCUT2D eigenvalue weighted by Gasteiger charge is -2.49. The van der Waals surface area contributed by atoms with E-state index in [4.69, 9.17) is 9.47 Å². The molecule has 2 saturated carbocycles. The predicted molar refractivity (Wildman–Crippen MR) is 97.0 cm³/mol. The molecule has 3 aliphatic rings. The van der Waals surface area contributed by atoms with Crippen LogP contribution in [0, 0.1) is 5.41 Å². The molecule has 24 heavy (non-hydrogen) atoms. The van der Waals surface area contributed by atoms with Crippen molar-refractivity contribution in [3.05, 3.63) is 23.8 Å². The number of ether oxygens (including phenoxy) is 2. The van der Waals surface area contributed by atoms with Crippen molar-refractivity contribution in [3.8, 4) is 11.5 Å². The fourth-order valence-corrected chi connectivity index (χ4v) is 5.97. The summed E-state index contributed by atoms with van der Waals surface area (Å²) in [5.41, 5.74) is 2.41. The molecule has 1 heterocycles. The Morgan fingerprint density at radius 3 is 2.42 bits per heavy atom. The molecule has 3 fully saturated rings. The van der Waals surface area contributed by atoms with E-state index in [0.29, 0.717) is 16.9 Å². The van der Waals surface area contributed by atoms with Gasteiger partial charge in [0.15, 0.2) is 11.5 Å². The highest BCUT2D eigenvalue weighted by Gasteiger charge is 2.54. The first kappa shape index (κ1) is 16.3. The highest BCUT2D eigenvalue weighted by molar-refractivity contribution is 5.46. The number of methoxy groups -OCH3 is 2. The molecule has 4 rings (SSSR count). The van der Waals surface area contributed by atoms with Gasteiger partial charge in [0, 0.05) is 11.5 Å². The topological polar surface area (TPSA) is 21.7 Å². The van der Waals surface area contributed by atoms with E-state index in [9.17, 15) is 0 Å². The molecule has 1 aromatic carbocycles. The lowest BCUT2D eigenvalue weighted by molar-refractivity contribution is 0.0727. The highest BCUT2D eigenvalue weighted by atomic mass is 16.5. The van der Waals surface area contributed by atoms with Gasteiger partial charge in [-0.3, -0.25) is 0 Å². The van der Waals surface area contributed by atoms with Crippen LogP contribution in [0.3, 0.4) is 0 Å². The zero-order chi connectivity index (χ0) is 16.8. The average Bonchev–Trinajstić information content (AvgIpc) is 3.21. The summed E-state index contributed by atoms with van der Waals surface area (Å²) in [6, 6.07) is 7.32. The Morgan fingerprint density at radius 2 is 1.71 bits per heavy atom. The third kappa shape index (κ3) is 2.35. The molecule has 1 aromatic rings. The summed E-state index contributed by atoms with van der Waals surface area (Å²) in [7, 11) is 5.79. The Morgan fingerprint density at radius 1 is 0.958 bits per heavy atom. The average molecular weight is 329 g/mol. The summed E-state index contributed by atoms with van der Waals surface area (Å²) in [4.78, 5) is 2.63. The van der Waals surface area contributed by atoms with Gasteiger partial charge in [-0.05, 0) is 75.2 Å². The number of rotatable bonds is 3. The van der Waals surface area contributed by atoms with Gasteiger partial charge in [-0.1, -0.05) is 18.9 Å². The van der Waals surface area contributed by atoms with Crippen LogP contribution >= 0.6 is 0 Å². The Bertz CT molecular complexity index is 608. The van der Waals surface area contributed by atoms with Gasteiger partial charge in [0.25, 0.3) is 0 Å². The van der Waals surface area contributed by atoms with Gasteiger partial charge in [0.05, 0.1) is 14.2 Å². The van der Waals surface area contributed by atoms with Crippen molar-refractivity contribution in [1.82, 2.24) is 4.90 Å². The Labute approximate surface area is 146 Å². The molecule has 0 N–H and O–H groups in total. The number of nitrogens with zero attached hydrogens (tertiary/aromatic N) is 1. The molecule has 132 valence electrons. The molecule has 3 heteroatoms. The van der Waals surface area contributed by atoms with E-state index in [1.54, 1.807) is 14.2 Å². The summed E-state index contributed by atoms with van der Waals surface area (Å²) in [6.07, 6.45) is 11.2. The zero-order valence-corrected chi connectivity index (χ0v) is 15.4. The first-order chi connectivity index (χ1) is 11.6.